The van der Waals surface area contributed by atoms with Gasteiger partial charge in [-0.1, -0.05) is 32.9 Å². The average Bonchev–Trinajstić information content (AvgIpc) is 2.52. The van der Waals surface area contributed by atoms with Crippen LogP contribution in [0, 0.1) is 0 Å². The van der Waals surface area contributed by atoms with Gasteiger partial charge < -0.3 is 15.2 Å². The Labute approximate surface area is 129 Å². The van der Waals surface area contributed by atoms with Crippen molar-refractivity contribution >= 4 is 0 Å². The molecule has 0 bridgehead atoms. The predicted octanol–water partition coefficient (Wildman–Crippen LogP) is 3.55. The van der Waals surface area contributed by atoms with Crippen molar-refractivity contribution in [2.24, 2.45) is 0 Å². The van der Waals surface area contributed by atoms with E-state index in [-0.39, 0.29) is 0 Å². The molecular weight excluding hydrogens is 262 g/mol. The monoisotopic (exact) mass is 293 g/mol. The standard InChI is InChI=1S/C18H31NO2/c1-5-12-19-15(4)13-16-8-10-17(11-9-16)21-14-18(20,6-2)7-3/h8-11,15,19-20H,5-7,12-14H2,1-4H3. The van der Waals surface area contributed by atoms with Crippen LogP contribution in [-0.2, 0) is 6.42 Å². The maximum absolute atomic E-state index is 10.2. The molecule has 0 radical (unpaired) electrons. The summed E-state index contributed by atoms with van der Waals surface area (Å²) in [5, 5.41) is 13.7. The van der Waals surface area contributed by atoms with Crippen molar-refractivity contribution in [1.82, 2.24) is 5.32 Å². The third-order valence-electron chi connectivity index (χ3n) is 4.03. The Bertz CT molecular complexity index is 385. The minimum absolute atomic E-state index is 0.355. The Hall–Kier alpha value is -1.06. The molecule has 3 heteroatoms. The molecular formula is C18H31NO2. The highest BCUT2D eigenvalue weighted by molar-refractivity contribution is 5.27. The summed E-state index contributed by atoms with van der Waals surface area (Å²) in [6.45, 7) is 9.78. The number of hydrogen-bond donors (Lipinski definition) is 2. The van der Waals surface area contributed by atoms with E-state index >= 15 is 0 Å². The summed E-state index contributed by atoms with van der Waals surface area (Å²) in [6, 6.07) is 8.69. The van der Waals surface area contributed by atoms with Crippen molar-refractivity contribution in [3.8, 4) is 5.75 Å². The molecule has 1 atom stereocenters. The Kier molecular flexibility index (Phi) is 7.76. The van der Waals surface area contributed by atoms with Crippen LogP contribution in [0.15, 0.2) is 24.3 Å². The summed E-state index contributed by atoms with van der Waals surface area (Å²) in [5.74, 6) is 0.827. The molecule has 3 nitrogen and oxygen atoms in total. The van der Waals surface area contributed by atoms with Crippen molar-refractivity contribution < 1.29 is 9.84 Å². The van der Waals surface area contributed by atoms with Crippen LogP contribution in [0.1, 0.15) is 52.5 Å². The smallest absolute Gasteiger partial charge is 0.119 e. The summed E-state index contributed by atoms with van der Waals surface area (Å²) in [5.41, 5.74) is 0.594. The zero-order chi connectivity index (χ0) is 15.7. The van der Waals surface area contributed by atoms with Gasteiger partial charge >= 0.3 is 0 Å². The molecule has 0 heterocycles. The van der Waals surface area contributed by atoms with Crippen LogP contribution < -0.4 is 10.1 Å². The van der Waals surface area contributed by atoms with Crippen molar-refractivity contribution in [2.75, 3.05) is 13.2 Å². The largest absolute Gasteiger partial charge is 0.491 e. The van der Waals surface area contributed by atoms with E-state index in [1.165, 1.54) is 5.56 Å². The molecule has 0 aliphatic carbocycles. The van der Waals surface area contributed by atoms with Crippen LogP contribution in [0.2, 0.25) is 0 Å². The highest BCUT2D eigenvalue weighted by Gasteiger charge is 2.22. The molecule has 0 aromatic heterocycles. The van der Waals surface area contributed by atoms with E-state index in [0.717, 1.165) is 25.1 Å². The first-order chi connectivity index (χ1) is 10.0. The molecule has 1 aromatic rings. The highest BCUT2D eigenvalue weighted by Crippen LogP contribution is 2.19. The number of hydrogen-bond acceptors (Lipinski definition) is 3. The summed E-state index contributed by atoms with van der Waals surface area (Å²) < 4.78 is 5.71. The summed E-state index contributed by atoms with van der Waals surface area (Å²) in [7, 11) is 0. The Morgan fingerprint density at radius 2 is 1.76 bits per heavy atom. The second kappa shape index (κ2) is 9.06. The Morgan fingerprint density at radius 3 is 2.29 bits per heavy atom. The number of benzene rings is 1. The number of ether oxygens (including phenoxy) is 1. The fourth-order valence-electron chi connectivity index (χ4n) is 2.21. The van der Waals surface area contributed by atoms with Gasteiger partial charge in [-0.25, -0.2) is 0 Å². The van der Waals surface area contributed by atoms with Gasteiger partial charge in [-0.15, -0.1) is 0 Å². The van der Waals surface area contributed by atoms with Gasteiger partial charge in [-0.3, -0.25) is 0 Å². The summed E-state index contributed by atoms with van der Waals surface area (Å²) in [6.07, 6.45) is 3.60. The molecule has 0 aliphatic rings. The maximum Gasteiger partial charge on any atom is 0.119 e. The zero-order valence-corrected chi connectivity index (χ0v) is 14.0. The quantitative estimate of drug-likeness (QED) is 0.693. The lowest BCUT2D eigenvalue weighted by atomic mass is 9.99. The van der Waals surface area contributed by atoms with Crippen LogP contribution in [0.25, 0.3) is 0 Å². The van der Waals surface area contributed by atoms with E-state index in [4.69, 9.17) is 4.74 Å². The normalized spacial score (nSPS) is 13.2. The van der Waals surface area contributed by atoms with Gasteiger partial charge in [0.1, 0.15) is 12.4 Å². The van der Waals surface area contributed by atoms with Gasteiger partial charge in [-0.2, -0.15) is 0 Å². The molecule has 0 fully saturated rings. The summed E-state index contributed by atoms with van der Waals surface area (Å²) >= 11 is 0. The maximum atomic E-state index is 10.2. The third-order valence-corrected chi connectivity index (χ3v) is 4.03. The van der Waals surface area contributed by atoms with Crippen molar-refractivity contribution in [2.45, 2.75) is 65.0 Å². The minimum atomic E-state index is -0.711. The third kappa shape index (κ3) is 6.49. The second-order valence-electron chi connectivity index (χ2n) is 5.92. The van der Waals surface area contributed by atoms with Crippen LogP contribution in [-0.4, -0.2) is 29.9 Å². The SMILES string of the molecule is CCCNC(C)Cc1ccc(OCC(O)(CC)CC)cc1. The van der Waals surface area contributed by atoms with Crippen molar-refractivity contribution in [3.05, 3.63) is 29.8 Å². The molecule has 120 valence electrons. The molecule has 1 rings (SSSR count). The Morgan fingerprint density at radius 1 is 1.14 bits per heavy atom. The molecule has 0 amide bonds. The fourth-order valence-corrected chi connectivity index (χ4v) is 2.21. The minimum Gasteiger partial charge on any atom is -0.491 e. The molecule has 2 N–H and O–H groups in total. The molecule has 0 spiro atoms. The van der Waals surface area contributed by atoms with Crippen molar-refractivity contribution in [3.63, 3.8) is 0 Å². The van der Waals surface area contributed by atoms with E-state index in [1.807, 2.05) is 26.0 Å². The molecule has 21 heavy (non-hydrogen) atoms. The van der Waals surface area contributed by atoms with Crippen LogP contribution in [0.5, 0.6) is 5.75 Å². The highest BCUT2D eigenvalue weighted by atomic mass is 16.5. The summed E-state index contributed by atoms with van der Waals surface area (Å²) in [4.78, 5) is 0. The van der Waals surface area contributed by atoms with Crippen molar-refractivity contribution in [1.29, 1.82) is 0 Å². The van der Waals surface area contributed by atoms with E-state index in [1.54, 1.807) is 0 Å². The predicted molar refractivity (Wildman–Crippen MR) is 88.9 cm³/mol. The van der Waals surface area contributed by atoms with Crippen LogP contribution in [0.3, 0.4) is 0 Å². The lowest BCUT2D eigenvalue weighted by molar-refractivity contribution is -0.0113. The second-order valence-corrected chi connectivity index (χ2v) is 5.92. The number of rotatable bonds is 10. The Balaban J connectivity index is 2.47. The van der Waals surface area contributed by atoms with Gasteiger partial charge in [0.25, 0.3) is 0 Å². The van der Waals surface area contributed by atoms with Gasteiger partial charge in [0, 0.05) is 6.04 Å². The molecule has 0 saturated heterocycles. The lowest BCUT2D eigenvalue weighted by Gasteiger charge is -2.25. The zero-order valence-electron chi connectivity index (χ0n) is 14.0. The number of nitrogens with one attached hydrogen (secondary N) is 1. The topological polar surface area (TPSA) is 41.5 Å². The average molecular weight is 293 g/mol. The van der Waals surface area contributed by atoms with E-state index in [0.29, 0.717) is 25.5 Å². The first-order valence-corrected chi connectivity index (χ1v) is 8.20. The van der Waals surface area contributed by atoms with Gasteiger partial charge in [-0.05, 0) is 56.8 Å². The van der Waals surface area contributed by atoms with Gasteiger partial charge in [0.15, 0.2) is 0 Å². The molecule has 0 saturated carbocycles. The van der Waals surface area contributed by atoms with E-state index < -0.39 is 5.60 Å². The molecule has 0 aliphatic heterocycles. The van der Waals surface area contributed by atoms with Gasteiger partial charge in [0.2, 0.25) is 0 Å². The lowest BCUT2D eigenvalue weighted by Crippen LogP contribution is -2.34. The number of aliphatic hydroxyl groups is 1. The first kappa shape index (κ1) is 18.0. The molecule has 1 unspecified atom stereocenters. The van der Waals surface area contributed by atoms with E-state index in [9.17, 15) is 5.11 Å². The van der Waals surface area contributed by atoms with Crippen LogP contribution >= 0.6 is 0 Å². The van der Waals surface area contributed by atoms with E-state index in [2.05, 4.69) is 31.3 Å². The molecule has 1 aromatic carbocycles. The van der Waals surface area contributed by atoms with Crippen LogP contribution in [0.4, 0.5) is 0 Å². The van der Waals surface area contributed by atoms with Gasteiger partial charge in [0.05, 0.1) is 5.60 Å². The fraction of sp³-hybridized carbons (Fsp3) is 0.667. The first-order valence-electron chi connectivity index (χ1n) is 8.20.